The number of aryl methyl sites for hydroxylation is 2. The van der Waals surface area contributed by atoms with Crippen molar-refractivity contribution in [1.82, 2.24) is 40.3 Å². The van der Waals surface area contributed by atoms with Gasteiger partial charge in [0.1, 0.15) is 17.4 Å². The molecule has 0 spiro atoms. The van der Waals surface area contributed by atoms with Crippen molar-refractivity contribution < 1.29 is 72.4 Å². The van der Waals surface area contributed by atoms with Crippen LogP contribution in [0.15, 0.2) is 18.2 Å². The number of carbonyl (C=O) groups excluding carboxylic acids is 3. The number of piperazine rings is 1. The summed E-state index contributed by atoms with van der Waals surface area (Å²) in [5, 5.41) is 37.7. The molecule has 0 aliphatic carbocycles. The van der Waals surface area contributed by atoms with Crippen LogP contribution in [-0.2, 0) is 76.5 Å². The van der Waals surface area contributed by atoms with Crippen LogP contribution < -0.4 is 21.7 Å². The molecule has 0 radical (unpaired) electrons. The number of benzene rings is 1. The second kappa shape index (κ2) is 39.2. The van der Waals surface area contributed by atoms with E-state index in [1.54, 1.807) is 0 Å². The summed E-state index contributed by atoms with van der Waals surface area (Å²) in [7, 11) is 0. The fraction of sp³-hybridized carbons (Fsp3) is 0.750. The number of nitrogens with one attached hydrogen (secondary N) is 3. The van der Waals surface area contributed by atoms with E-state index < -0.39 is 28.6 Å². The number of thioether (sulfide) groups is 1. The number of hydrogen-bond donors (Lipinski definition) is 7. The molecule has 458 valence electrons. The monoisotopic (exact) mass is 1160 g/mol. The molecular weight excluding hydrogens is 1070 g/mol. The third kappa shape index (κ3) is 25.6. The van der Waals surface area contributed by atoms with Crippen LogP contribution >= 0.6 is 11.8 Å². The molecule has 1 aromatic carbocycles. The van der Waals surface area contributed by atoms with E-state index in [0.29, 0.717) is 143 Å². The second-order valence-electron chi connectivity index (χ2n) is 20.7. The van der Waals surface area contributed by atoms with Gasteiger partial charge < -0.3 is 89.3 Å². The molecule has 0 bridgehead atoms. The van der Waals surface area contributed by atoms with Gasteiger partial charge in [-0.2, -0.15) is 0 Å². The highest BCUT2D eigenvalue weighted by atomic mass is 32.2. The van der Waals surface area contributed by atoms with Crippen molar-refractivity contribution >= 4 is 63.2 Å². The first kappa shape index (κ1) is 67.4. The van der Waals surface area contributed by atoms with Gasteiger partial charge in [0, 0.05) is 81.6 Å². The molecule has 3 amide bonds. The number of ether oxygens (including phenoxy) is 8. The Bertz CT molecular complexity index is 2290. The highest BCUT2D eigenvalue weighted by molar-refractivity contribution is 8.00. The summed E-state index contributed by atoms with van der Waals surface area (Å²) in [6.07, 6.45) is 7.06. The van der Waals surface area contributed by atoms with E-state index in [9.17, 15) is 29.4 Å². The number of fused-ring (bicyclic) bond motifs is 3. The SMILES string of the molecule is CCCCc1nc2c(N)nc3cc(CCCN4CCN(CCCCNC(=O)CCOCCOCCOCCOCCOCCOCCOCCOCCNC(=O)CC5SC[C@@H](C(=O)O)NC5=O)CC4)ccc3c2n1CC(C)(CO)CO. The summed E-state index contributed by atoms with van der Waals surface area (Å²) in [5.74, 6) is -0.292. The van der Waals surface area contributed by atoms with Gasteiger partial charge in [-0.25, -0.2) is 14.8 Å². The molecule has 25 heteroatoms. The summed E-state index contributed by atoms with van der Waals surface area (Å²) in [4.78, 5) is 62.1. The fourth-order valence-electron chi connectivity index (χ4n) is 9.10. The van der Waals surface area contributed by atoms with E-state index in [-0.39, 0.29) is 37.2 Å². The zero-order valence-corrected chi connectivity index (χ0v) is 48.8. The molecule has 8 N–H and O–H groups in total. The molecule has 81 heavy (non-hydrogen) atoms. The van der Waals surface area contributed by atoms with E-state index in [4.69, 9.17) is 58.7 Å². The minimum Gasteiger partial charge on any atom is -0.480 e. The number of aromatic nitrogens is 3. The van der Waals surface area contributed by atoms with Gasteiger partial charge in [-0.15, -0.1) is 11.8 Å². The van der Waals surface area contributed by atoms with Crippen molar-refractivity contribution in [3.63, 3.8) is 0 Å². The lowest BCUT2D eigenvalue weighted by Gasteiger charge is -2.34. The summed E-state index contributed by atoms with van der Waals surface area (Å²) in [5.41, 5.74) is 9.49. The number of aliphatic carboxylic acids is 1. The van der Waals surface area contributed by atoms with Gasteiger partial charge in [-0.1, -0.05) is 32.4 Å². The maximum absolute atomic E-state index is 12.3. The largest absolute Gasteiger partial charge is 0.480 e. The first-order valence-corrected chi connectivity index (χ1v) is 30.0. The number of nitrogens with zero attached hydrogens (tertiary/aromatic N) is 5. The number of rotatable bonds is 46. The number of aliphatic hydroxyl groups excluding tert-OH is 2. The van der Waals surface area contributed by atoms with E-state index in [1.165, 1.54) is 17.3 Å². The fourth-order valence-corrected chi connectivity index (χ4v) is 10.2. The van der Waals surface area contributed by atoms with Crippen molar-refractivity contribution in [2.45, 2.75) is 89.5 Å². The number of aliphatic hydroxyl groups is 2. The smallest absolute Gasteiger partial charge is 0.327 e. The molecule has 2 aliphatic rings. The zero-order chi connectivity index (χ0) is 57.9. The maximum atomic E-state index is 12.3. The number of carbonyl (C=O) groups is 4. The van der Waals surface area contributed by atoms with Gasteiger partial charge in [0.15, 0.2) is 5.82 Å². The summed E-state index contributed by atoms with van der Waals surface area (Å²) in [6, 6.07) is 5.53. The van der Waals surface area contributed by atoms with Gasteiger partial charge in [0.05, 0.1) is 135 Å². The first-order chi connectivity index (χ1) is 39.4. The molecule has 2 saturated heterocycles. The number of anilines is 1. The van der Waals surface area contributed by atoms with Crippen LogP contribution in [0.1, 0.15) is 70.2 Å². The number of amides is 3. The maximum Gasteiger partial charge on any atom is 0.327 e. The predicted molar refractivity (Wildman–Crippen MR) is 308 cm³/mol. The zero-order valence-electron chi connectivity index (χ0n) is 48.0. The summed E-state index contributed by atoms with van der Waals surface area (Å²) < 4.78 is 46.2. The van der Waals surface area contributed by atoms with Gasteiger partial charge in [0.25, 0.3) is 0 Å². The van der Waals surface area contributed by atoms with Gasteiger partial charge >= 0.3 is 5.97 Å². The van der Waals surface area contributed by atoms with Crippen LogP contribution in [0.3, 0.4) is 0 Å². The lowest BCUT2D eigenvalue weighted by Crippen LogP contribution is -2.51. The molecule has 5 rings (SSSR count). The second-order valence-corrected chi connectivity index (χ2v) is 21.9. The van der Waals surface area contributed by atoms with Crippen molar-refractivity contribution in [3.8, 4) is 0 Å². The van der Waals surface area contributed by atoms with Crippen molar-refractivity contribution in [2.75, 3.05) is 183 Å². The highest BCUT2D eigenvalue weighted by Crippen LogP contribution is 2.33. The standard InChI is InChI=1S/C56H93N9O15S/c1-3-4-9-48-62-51-52(65(48)40-56(2,41-66)42-67)44-11-10-43(37-45(44)60-53(51)57)8-7-16-64-19-17-63(18-20-64)15-6-5-13-58-49(68)12-21-73-23-25-75-27-29-77-31-33-79-35-36-80-34-32-78-30-28-76-26-24-74-22-14-59-50(69)38-47-54(70)61-46(39-81-47)55(71)72/h10-11,37,46-47,66-67H,3-9,12-36,38-42H2,1-2H3,(H2,57,60)(H,58,68)(H,59,69)(H,61,70)(H,71,72)/t46-,47?/m0/s1. The van der Waals surface area contributed by atoms with E-state index in [0.717, 1.165) is 106 Å². The Morgan fingerprint density at radius 2 is 1.26 bits per heavy atom. The van der Waals surface area contributed by atoms with Crippen molar-refractivity contribution in [2.24, 2.45) is 5.41 Å². The molecule has 4 heterocycles. The predicted octanol–water partition coefficient (Wildman–Crippen LogP) is 1.66. The van der Waals surface area contributed by atoms with Gasteiger partial charge in [-0.05, 0) is 56.8 Å². The molecule has 2 fully saturated rings. The van der Waals surface area contributed by atoms with E-state index in [2.05, 4.69) is 55.4 Å². The summed E-state index contributed by atoms with van der Waals surface area (Å²) in [6.45, 7) is 18.0. The number of imidazole rings is 1. The minimum absolute atomic E-state index is 0.00243. The van der Waals surface area contributed by atoms with Crippen LogP contribution in [0.25, 0.3) is 21.9 Å². The number of carboxylic acid groups (broad SMARTS) is 1. The number of unbranched alkanes of at least 4 members (excludes halogenated alkanes) is 2. The average molecular weight is 1160 g/mol. The Hall–Kier alpha value is -4.35. The van der Waals surface area contributed by atoms with Crippen LogP contribution in [0.4, 0.5) is 5.82 Å². The third-order valence-corrected chi connectivity index (χ3v) is 15.2. The minimum atomic E-state index is -1.09. The van der Waals surface area contributed by atoms with Crippen molar-refractivity contribution in [3.05, 3.63) is 29.6 Å². The number of hydrogen-bond acceptors (Lipinski definition) is 20. The molecule has 1 unspecified atom stereocenters. The Balaban J connectivity index is 0.737. The van der Waals surface area contributed by atoms with E-state index >= 15 is 0 Å². The molecule has 24 nitrogen and oxygen atoms in total. The molecule has 0 saturated carbocycles. The number of nitrogens with two attached hydrogens (primary N) is 1. The topological polar surface area (TPSA) is 302 Å². The number of pyridine rings is 1. The van der Waals surface area contributed by atoms with Gasteiger partial charge in [0.2, 0.25) is 17.7 Å². The van der Waals surface area contributed by atoms with Crippen molar-refractivity contribution in [1.29, 1.82) is 0 Å². The normalized spacial score (nSPS) is 16.4. The Labute approximate surface area is 481 Å². The molecule has 2 atom stereocenters. The van der Waals surface area contributed by atoms with Crippen LogP contribution in [0.5, 0.6) is 0 Å². The lowest BCUT2D eigenvalue weighted by atomic mass is 9.92. The van der Waals surface area contributed by atoms with Crippen LogP contribution in [0, 0.1) is 5.41 Å². The Morgan fingerprint density at radius 1 is 0.716 bits per heavy atom. The quantitative estimate of drug-likeness (QED) is 0.0396. The summed E-state index contributed by atoms with van der Waals surface area (Å²) >= 11 is 1.17. The van der Waals surface area contributed by atoms with Crippen LogP contribution in [0.2, 0.25) is 0 Å². The lowest BCUT2D eigenvalue weighted by molar-refractivity contribution is -0.141. The van der Waals surface area contributed by atoms with E-state index in [1.807, 2.05) is 6.92 Å². The van der Waals surface area contributed by atoms with Crippen LogP contribution in [-0.4, -0.2) is 252 Å². The number of carboxylic acids is 1. The van der Waals surface area contributed by atoms with Gasteiger partial charge in [-0.3, -0.25) is 14.4 Å². The average Bonchev–Trinajstić information content (AvgIpc) is 3.96. The molecular formula is C56H93N9O15S. The third-order valence-electron chi connectivity index (χ3n) is 13.9. The molecule has 3 aromatic rings. The Kier molecular flexibility index (Phi) is 32.7. The first-order valence-electron chi connectivity index (χ1n) is 29.0. The highest BCUT2D eigenvalue weighted by Gasteiger charge is 2.33. The molecule has 2 aliphatic heterocycles. The number of nitrogen functional groups attached to an aromatic ring is 1. The Morgan fingerprint density at radius 3 is 1.80 bits per heavy atom. The molecule has 2 aromatic heterocycles.